The van der Waals surface area contributed by atoms with Gasteiger partial charge in [0, 0.05) is 0 Å². The summed E-state index contributed by atoms with van der Waals surface area (Å²) in [5.74, 6) is -1.38. The van der Waals surface area contributed by atoms with Crippen molar-refractivity contribution in [3.05, 3.63) is 32.8 Å². The van der Waals surface area contributed by atoms with E-state index in [4.69, 9.17) is 11.6 Å². The topological polar surface area (TPSA) is 52.4 Å². The van der Waals surface area contributed by atoms with Crippen molar-refractivity contribution >= 4 is 17.3 Å². The van der Waals surface area contributed by atoms with Crippen molar-refractivity contribution in [1.82, 2.24) is 0 Å². The Morgan fingerprint density at radius 2 is 1.68 bits per heavy atom. The van der Waals surface area contributed by atoms with Gasteiger partial charge in [-0.2, -0.15) is 13.2 Å². The van der Waals surface area contributed by atoms with E-state index in [-0.39, 0.29) is 12.1 Å². The molecule has 11 heteroatoms. The second kappa shape index (κ2) is 4.76. The predicted octanol–water partition coefficient (Wildman–Crippen LogP) is 4.17. The van der Waals surface area contributed by atoms with Gasteiger partial charge in [0.15, 0.2) is 0 Å². The van der Waals surface area contributed by atoms with E-state index < -0.39 is 39.5 Å². The van der Waals surface area contributed by atoms with Crippen LogP contribution in [0.3, 0.4) is 0 Å². The first kappa shape index (κ1) is 15.3. The van der Waals surface area contributed by atoms with Gasteiger partial charge in [0.1, 0.15) is 10.8 Å². The lowest BCUT2D eigenvalue weighted by Gasteiger charge is -2.13. The summed E-state index contributed by atoms with van der Waals surface area (Å²) in [6, 6.07) is 0.0912. The Kier molecular flexibility index (Phi) is 3.84. The molecule has 0 aliphatic carbocycles. The third kappa shape index (κ3) is 3.88. The lowest BCUT2D eigenvalue weighted by Crippen LogP contribution is -2.18. The molecule has 0 saturated heterocycles. The van der Waals surface area contributed by atoms with E-state index in [1.807, 2.05) is 0 Å². The van der Waals surface area contributed by atoms with Crippen LogP contribution >= 0.6 is 11.6 Å². The third-order valence-corrected chi connectivity index (χ3v) is 2.16. The highest BCUT2D eigenvalue weighted by atomic mass is 35.5. The molecule has 0 atom stereocenters. The number of rotatable bonds is 2. The average molecular weight is 310 g/mol. The minimum absolute atomic E-state index is 0.0666. The lowest BCUT2D eigenvalue weighted by atomic mass is 10.2. The molecule has 0 amide bonds. The number of nitrogens with zero attached hydrogens (tertiary/aromatic N) is 1. The van der Waals surface area contributed by atoms with Crippen LogP contribution < -0.4 is 4.74 Å². The Labute approximate surface area is 105 Å². The van der Waals surface area contributed by atoms with Crippen LogP contribution in [-0.4, -0.2) is 11.3 Å². The van der Waals surface area contributed by atoms with E-state index in [1.54, 1.807) is 0 Å². The van der Waals surface area contributed by atoms with Gasteiger partial charge in [-0.1, -0.05) is 11.6 Å². The Balaban J connectivity index is 3.44. The molecule has 1 rings (SSSR count). The smallest absolute Gasteiger partial charge is 0.406 e. The van der Waals surface area contributed by atoms with Crippen LogP contribution in [-0.2, 0) is 6.18 Å². The molecule has 0 aliphatic rings. The number of nitro benzene ring substituents is 1. The molecule has 0 fully saturated rings. The highest BCUT2D eigenvalue weighted by Crippen LogP contribution is 2.42. The van der Waals surface area contributed by atoms with Gasteiger partial charge in [-0.15, -0.1) is 13.2 Å². The fraction of sp³-hybridized carbons (Fsp3) is 0.250. The summed E-state index contributed by atoms with van der Waals surface area (Å²) >= 11 is 5.13. The highest BCUT2D eigenvalue weighted by Gasteiger charge is 2.39. The van der Waals surface area contributed by atoms with E-state index in [9.17, 15) is 36.5 Å². The Hall–Kier alpha value is -1.71. The quantitative estimate of drug-likeness (QED) is 0.468. The van der Waals surface area contributed by atoms with Crippen molar-refractivity contribution in [3.63, 3.8) is 0 Å². The van der Waals surface area contributed by atoms with Crippen molar-refractivity contribution in [1.29, 1.82) is 0 Å². The van der Waals surface area contributed by atoms with Crippen molar-refractivity contribution in [3.8, 4) is 5.75 Å². The second-order valence-corrected chi connectivity index (χ2v) is 3.48. The van der Waals surface area contributed by atoms with Gasteiger partial charge in [0.05, 0.1) is 16.6 Å². The molecule has 0 aromatic heterocycles. The van der Waals surface area contributed by atoms with E-state index in [2.05, 4.69) is 4.74 Å². The first-order valence-electron chi connectivity index (χ1n) is 4.22. The number of hydrogen-bond acceptors (Lipinski definition) is 3. The van der Waals surface area contributed by atoms with Crippen LogP contribution in [0.4, 0.5) is 32.0 Å². The summed E-state index contributed by atoms with van der Waals surface area (Å²) in [6.07, 6.45) is -10.4. The number of halogens is 7. The molecule has 0 bridgehead atoms. The molecule has 0 unspecified atom stereocenters. The monoisotopic (exact) mass is 309 g/mol. The zero-order chi connectivity index (χ0) is 15.0. The summed E-state index contributed by atoms with van der Waals surface area (Å²) in [4.78, 5) is 9.09. The van der Waals surface area contributed by atoms with Gasteiger partial charge in [0.2, 0.25) is 0 Å². The van der Waals surface area contributed by atoms with Gasteiger partial charge in [0.25, 0.3) is 5.69 Å². The van der Waals surface area contributed by atoms with Crippen molar-refractivity contribution in [2.75, 3.05) is 0 Å². The molecule has 0 radical (unpaired) electrons. The van der Waals surface area contributed by atoms with Crippen LogP contribution in [0.2, 0.25) is 5.02 Å². The third-order valence-electron chi connectivity index (χ3n) is 1.76. The molecule has 4 nitrogen and oxygen atoms in total. The van der Waals surface area contributed by atoms with Crippen LogP contribution in [0.15, 0.2) is 12.1 Å². The molecular weight excluding hydrogens is 308 g/mol. The molecule has 0 spiro atoms. The SMILES string of the molecule is O=[N+]([O-])c1cc(OC(F)(F)F)cc(C(F)(F)F)c1Cl. The minimum atomic E-state index is -5.29. The molecule has 0 N–H and O–H groups in total. The van der Waals surface area contributed by atoms with Gasteiger partial charge in [-0.05, 0) is 6.07 Å². The van der Waals surface area contributed by atoms with Gasteiger partial charge in [-0.3, -0.25) is 10.1 Å². The Morgan fingerprint density at radius 3 is 2.05 bits per heavy atom. The molecule has 1 aromatic carbocycles. The van der Waals surface area contributed by atoms with E-state index in [1.165, 1.54) is 0 Å². The summed E-state index contributed by atoms with van der Waals surface area (Å²) in [5, 5.41) is 9.12. The maximum absolute atomic E-state index is 12.5. The first-order valence-corrected chi connectivity index (χ1v) is 4.60. The standard InChI is InChI=1S/C8H2ClF6NO3/c9-6-4(7(10,11)12)1-3(19-8(13,14)15)2-5(6)16(17)18/h1-2H. The van der Waals surface area contributed by atoms with Crippen molar-refractivity contribution < 1.29 is 36.0 Å². The Bertz CT molecular complexity index is 512. The summed E-state index contributed by atoms with van der Waals surface area (Å²) < 4.78 is 76.3. The maximum atomic E-state index is 12.5. The molecular formula is C8H2ClF6NO3. The zero-order valence-corrected chi connectivity index (χ0v) is 9.23. The van der Waals surface area contributed by atoms with E-state index >= 15 is 0 Å². The fourth-order valence-corrected chi connectivity index (χ4v) is 1.40. The number of ether oxygens (including phenoxy) is 1. The molecule has 19 heavy (non-hydrogen) atoms. The predicted molar refractivity (Wildman–Crippen MR) is 49.8 cm³/mol. The second-order valence-electron chi connectivity index (χ2n) is 3.11. The van der Waals surface area contributed by atoms with Crippen LogP contribution in [0, 0.1) is 10.1 Å². The van der Waals surface area contributed by atoms with Crippen LogP contribution in [0.1, 0.15) is 5.56 Å². The number of alkyl halides is 6. The lowest BCUT2D eigenvalue weighted by molar-refractivity contribution is -0.385. The number of benzene rings is 1. The average Bonchev–Trinajstić information content (AvgIpc) is 2.16. The number of nitro groups is 1. The summed E-state index contributed by atoms with van der Waals surface area (Å²) in [6.45, 7) is 0. The number of hydrogen-bond donors (Lipinski definition) is 0. The van der Waals surface area contributed by atoms with Gasteiger partial charge < -0.3 is 4.74 Å². The Morgan fingerprint density at radius 1 is 1.16 bits per heavy atom. The van der Waals surface area contributed by atoms with Gasteiger partial charge >= 0.3 is 12.5 Å². The highest BCUT2D eigenvalue weighted by molar-refractivity contribution is 6.33. The van der Waals surface area contributed by atoms with Crippen molar-refractivity contribution in [2.45, 2.75) is 12.5 Å². The van der Waals surface area contributed by atoms with Crippen LogP contribution in [0.25, 0.3) is 0 Å². The zero-order valence-electron chi connectivity index (χ0n) is 8.47. The molecule has 106 valence electrons. The van der Waals surface area contributed by atoms with Crippen LogP contribution in [0.5, 0.6) is 5.75 Å². The maximum Gasteiger partial charge on any atom is 0.573 e. The largest absolute Gasteiger partial charge is 0.573 e. The summed E-state index contributed by atoms with van der Waals surface area (Å²) in [7, 11) is 0. The fourth-order valence-electron chi connectivity index (χ4n) is 1.12. The van der Waals surface area contributed by atoms with E-state index in [0.717, 1.165) is 0 Å². The van der Waals surface area contributed by atoms with Gasteiger partial charge in [-0.25, -0.2) is 0 Å². The molecule has 1 aromatic rings. The first-order chi connectivity index (χ1) is 8.42. The van der Waals surface area contributed by atoms with Crippen molar-refractivity contribution in [2.24, 2.45) is 0 Å². The minimum Gasteiger partial charge on any atom is -0.406 e. The molecule has 0 aliphatic heterocycles. The molecule has 0 saturated carbocycles. The molecule has 0 heterocycles. The normalized spacial score (nSPS) is 12.4. The summed E-state index contributed by atoms with van der Waals surface area (Å²) in [5.41, 5.74) is -3.13. The van der Waals surface area contributed by atoms with E-state index in [0.29, 0.717) is 0 Å².